The van der Waals surface area contributed by atoms with E-state index < -0.39 is 0 Å². The average Bonchev–Trinajstić information content (AvgIpc) is 2.39. The van der Waals surface area contributed by atoms with E-state index in [1.54, 1.807) is 0 Å². The zero-order chi connectivity index (χ0) is 13.6. The van der Waals surface area contributed by atoms with E-state index in [1.165, 1.54) is 45.2 Å². The zero-order valence-electron chi connectivity index (χ0n) is 13.3. The smallest absolute Gasteiger partial charge is 0.0308 e. The Balaban J connectivity index is 2.72. The van der Waals surface area contributed by atoms with Gasteiger partial charge in [0.15, 0.2) is 0 Å². The highest BCUT2D eigenvalue weighted by Crippen LogP contribution is 2.28. The molecule has 0 aliphatic carbocycles. The molecule has 1 aliphatic heterocycles. The van der Waals surface area contributed by atoms with Gasteiger partial charge in [-0.3, -0.25) is 4.90 Å². The molecular formula is C16H34N2. The maximum atomic E-state index is 3.82. The summed E-state index contributed by atoms with van der Waals surface area (Å²) in [6.45, 7) is 15.6. The molecule has 1 rings (SSSR count). The lowest BCUT2D eigenvalue weighted by Crippen LogP contribution is -2.61. The Kier molecular flexibility index (Phi) is 6.65. The van der Waals surface area contributed by atoms with Crippen molar-refractivity contribution in [3.63, 3.8) is 0 Å². The van der Waals surface area contributed by atoms with Crippen LogP contribution in [0.15, 0.2) is 0 Å². The third kappa shape index (κ3) is 3.96. The number of nitrogens with one attached hydrogen (secondary N) is 1. The summed E-state index contributed by atoms with van der Waals surface area (Å²) >= 11 is 0. The molecule has 1 fully saturated rings. The largest absolute Gasteiger partial charge is 0.312 e. The molecule has 1 heterocycles. The molecule has 0 aromatic rings. The molecule has 0 aromatic carbocycles. The number of likely N-dealkylation sites (tertiary alicyclic amines) is 1. The first-order valence-corrected chi connectivity index (χ1v) is 8.02. The van der Waals surface area contributed by atoms with Crippen LogP contribution in [0, 0.1) is 5.92 Å². The molecule has 1 saturated heterocycles. The molecule has 0 saturated carbocycles. The van der Waals surface area contributed by atoms with E-state index in [9.17, 15) is 0 Å². The van der Waals surface area contributed by atoms with Gasteiger partial charge in [0.05, 0.1) is 0 Å². The molecule has 1 aliphatic rings. The second kappa shape index (κ2) is 7.49. The van der Waals surface area contributed by atoms with Gasteiger partial charge in [-0.1, -0.05) is 33.6 Å². The van der Waals surface area contributed by atoms with Crippen LogP contribution in [-0.4, -0.2) is 36.1 Å². The number of hydrogen-bond acceptors (Lipinski definition) is 2. The maximum Gasteiger partial charge on any atom is 0.0308 e. The van der Waals surface area contributed by atoms with E-state index in [0.717, 1.165) is 12.5 Å². The predicted octanol–water partition coefficient (Wildman–Crippen LogP) is 3.67. The fourth-order valence-electron chi connectivity index (χ4n) is 3.35. The molecule has 18 heavy (non-hydrogen) atoms. The fourth-order valence-corrected chi connectivity index (χ4v) is 3.35. The molecule has 2 atom stereocenters. The monoisotopic (exact) mass is 254 g/mol. The van der Waals surface area contributed by atoms with Crippen molar-refractivity contribution in [2.24, 2.45) is 5.92 Å². The Hall–Kier alpha value is -0.0800. The van der Waals surface area contributed by atoms with E-state index >= 15 is 0 Å². The van der Waals surface area contributed by atoms with E-state index in [2.05, 4.69) is 44.8 Å². The van der Waals surface area contributed by atoms with Crippen LogP contribution < -0.4 is 5.32 Å². The molecule has 0 spiro atoms. The zero-order valence-corrected chi connectivity index (χ0v) is 13.3. The summed E-state index contributed by atoms with van der Waals surface area (Å²) in [5.74, 6) is 0.744. The van der Waals surface area contributed by atoms with Crippen LogP contribution in [0.5, 0.6) is 0 Å². The SMILES string of the molecule is CCCNC(C(C)CC)C(C)(C)N1CCCCC1. The van der Waals surface area contributed by atoms with Crippen molar-refractivity contribution in [1.82, 2.24) is 10.2 Å². The molecule has 0 aromatic heterocycles. The Bertz CT molecular complexity index is 219. The van der Waals surface area contributed by atoms with Gasteiger partial charge in [-0.05, 0) is 58.7 Å². The fraction of sp³-hybridized carbons (Fsp3) is 1.00. The summed E-state index contributed by atoms with van der Waals surface area (Å²) < 4.78 is 0. The van der Waals surface area contributed by atoms with Crippen molar-refractivity contribution in [1.29, 1.82) is 0 Å². The van der Waals surface area contributed by atoms with Gasteiger partial charge >= 0.3 is 0 Å². The summed E-state index contributed by atoms with van der Waals surface area (Å²) in [6, 6.07) is 0.612. The molecule has 2 unspecified atom stereocenters. The Labute approximate surface area is 115 Å². The van der Waals surface area contributed by atoms with Crippen LogP contribution in [0.4, 0.5) is 0 Å². The van der Waals surface area contributed by atoms with Gasteiger partial charge in [0.2, 0.25) is 0 Å². The minimum Gasteiger partial charge on any atom is -0.312 e. The third-order valence-electron chi connectivity index (χ3n) is 4.76. The number of rotatable bonds is 7. The average molecular weight is 254 g/mol. The normalized spacial score (nSPS) is 21.8. The summed E-state index contributed by atoms with van der Waals surface area (Å²) in [6.07, 6.45) is 6.67. The first-order chi connectivity index (χ1) is 8.54. The summed E-state index contributed by atoms with van der Waals surface area (Å²) in [7, 11) is 0. The first kappa shape index (κ1) is 16.0. The van der Waals surface area contributed by atoms with Gasteiger partial charge in [0.1, 0.15) is 0 Å². The standard InChI is InChI=1S/C16H34N2/c1-6-11-17-15(14(3)7-2)16(4,5)18-12-9-8-10-13-18/h14-15,17H,6-13H2,1-5H3. The van der Waals surface area contributed by atoms with Gasteiger partial charge < -0.3 is 5.32 Å². The summed E-state index contributed by atoms with van der Waals surface area (Å²) in [5.41, 5.74) is 0.283. The van der Waals surface area contributed by atoms with E-state index in [0.29, 0.717) is 6.04 Å². The van der Waals surface area contributed by atoms with Crippen LogP contribution in [-0.2, 0) is 0 Å². The van der Waals surface area contributed by atoms with Crippen LogP contribution in [0.25, 0.3) is 0 Å². The minimum absolute atomic E-state index is 0.283. The van der Waals surface area contributed by atoms with Gasteiger partial charge in [0, 0.05) is 11.6 Å². The molecule has 2 nitrogen and oxygen atoms in total. The predicted molar refractivity (Wildman–Crippen MR) is 81.0 cm³/mol. The Morgan fingerprint density at radius 1 is 1.11 bits per heavy atom. The van der Waals surface area contributed by atoms with Crippen LogP contribution in [0.1, 0.15) is 66.7 Å². The first-order valence-electron chi connectivity index (χ1n) is 8.02. The molecule has 0 radical (unpaired) electrons. The van der Waals surface area contributed by atoms with Gasteiger partial charge in [0.25, 0.3) is 0 Å². The van der Waals surface area contributed by atoms with Crippen LogP contribution in [0.2, 0.25) is 0 Å². The van der Waals surface area contributed by atoms with Crippen molar-refractivity contribution in [2.75, 3.05) is 19.6 Å². The molecule has 0 amide bonds. The Morgan fingerprint density at radius 2 is 1.72 bits per heavy atom. The number of nitrogens with zero attached hydrogens (tertiary/aromatic N) is 1. The molecule has 2 heteroatoms. The molecule has 108 valence electrons. The molecular weight excluding hydrogens is 220 g/mol. The van der Waals surface area contributed by atoms with Crippen molar-refractivity contribution in [3.05, 3.63) is 0 Å². The van der Waals surface area contributed by atoms with Crippen molar-refractivity contribution < 1.29 is 0 Å². The molecule has 1 N–H and O–H groups in total. The van der Waals surface area contributed by atoms with E-state index in [1.807, 2.05) is 0 Å². The van der Waals surface area contributed by atoms with Crippen molar-refractivity contribution in [2.45, 2.75) is 78.3 Å². The topological polar surface area (TPSA) is 15.3 Å². The quantitative estimate of drug-likeness (QED) is 0.746. The van der Waals surface area contributed by atoms with Gasteiger partial charge in [-0.25, -0.2) is 0 Å². The van der Waals surface area contributed by atoms with E-state index in [4.69, 9.17) is 0 Å². The maximum absolute atomic E-state index is 3.82. The Morgan fingerprint density at radius 3 is 2.22 bits per heavy atom. The lowest BCUT2D eigenvalue weighted by atomic mass is 9.81. The van der Waals surface area contributed by atoms with Crippen molar-refractivity contribution in [3.8, 4) is 0 Å². The molecule has 0 bridgehead atoms. The highest BCUT2D eigenvalue weighted by Gasteiger charge is 2.37. The lowest BCUT2D eigenvalue weighted by molar-refractivity contribution is 0.0422. The van der Waals surface area contributed by atoms with E-state index in [-0.39, 0.29) is 5.54 Å². The number of hydrogen-bond donors (Lipinski definition) is 1. The third-order valence-corrected chi connectivity index (χ3v) is 4.76. The second-order valence-electron chi connectivity index (χ2n) is 6.52. The lowest BCUT2D eigenvalue weighted by Gasteiger charge is -2.48. The second-order valence-corrected chi connectivity index (χ2v) is 6.52. The van der Waals surface area contributed by atoms with Gasteiger partial charge in [-0.2, -0.15) is 0 Å². The number of piperidine rings is 1. The van der Waals surface area contributed by atoms with Gasteiger partial charge in [-0.15, -0.1) is 0 Å². The highest BCUT2D eigenvalue weighted by molar-refractivity contribution is 4.96. The van der Waals surface area contributed by atoms with Crippen LogP contribution >= 0.6 is 0 Å². The summed E-state index contributed by atoms with van der Waals surface area (Å²) in [4.78, 5) is 2.72. The summed E-state index contributed by atoms with van der Waals surface area (Å²) in [5, 5.41) is 3.82. The van der Waals surface area contributed by atoms with Crippen molar-refractivity contribution >= 4 is 0 Å². The minimum atomic E-state index is 0.283. The highest BCUT2D eigenvalue weighted by atomic mass is 15.2. The van der Waals surface area contributed by atoms with Crippen LogP contribution in [0.3, 0.4) is 0 Å².